The molecule has 21 heavy (non-hydrogen) atoms. The number of fused-ring (bicyclic) bond motifs is 1. The number of furan rings is 1. The van der Waals surface area contributed by atoms with Crippen molar-refractivity contribution in [3.63, 3.8) is 0 Å². The average Bonchev–Trinajstić information content (AvgIpc) is 2.90. The molecule has 0 aliphatic rings. The first kappa shape index (κ1) is 13.7. The lowest BCUT2D eigenvalue weighted by Crippen LogP contribution is -2.12. The van der Waals surface area contributed by atoms with E-state index in [0.717, 1.165) is 47.7 Å². The van der Waals surface area contributed by atoms with Crippen LogP contribution in [0.3, 0.4) is 0 Å². The van der Waals surface area contributed by atoms with E-state index in [2.05, 4.69) is 18.3 Å². The second-order valence-corrected chi connectivity index (χ2v) is 5.00. The third-order valence-corrected chi connectivity index (χ3v) is 3.24. The molecule has 0 unspecified atom stereocenters. The number of hydrogen-bond acceptors (Lipinski definition) is 3. The minimum atomic E-state index is 0.761. The maximum absolute atomic E-state index is 5.84. The van der Waals surface area contributed by atoms with E-state index >= 15 is 0 Å². The summed E-state index contributed by atoms with van der Waals surface area (Å²) in [6.07, 6.45) is 1.12. The zero-order valence-electron chi connectivity index (χ0n) is 12.1. The van der Waals surface area contributed by atoms with Crippen LogP contribution in [0.15, 0.2) is 59.0 Å². The molecule has 0 atom stereocenters. The Hall–Kier alpha value is -2.26. The second-order valence-electron chi connectivity index (χ2n) is 5.00. The van der Waals surface area contributed by atoms with Crippen molar-refractivity contribution in [2.24, 2.45) is 0 Å². The van der Waals surface area contributed by atoms with Gasteiger partial charge in [-0.3, -0.25) is 0 Å². The molecule has 1 N–H and O–H groups in total. The van der Waals surface area contributed by atoms with Gasteiger partial charge in [-0.2, -0.15) is 0 Å². The minimum absolute atomic E-state index is 0.761. The molecule has 2 aromatic carbocycles. The van der Waals surface area contributed by atoms with Gasteiger partial charge >= 0.3 is 0 Å². The first-order valence-electron chi connectivity index (χ1n) is 7.31. The highest BCUT2D eigenvalue weighted by Crippen LogP contribution is 2.27. The SMILES string of the molecule is CCCNCc1cc2cc(Oc3ccccc3)ccc2o1. The molecular weight excluding hydrogens is 262 g/mol. The Morgan fingerprint density at radius 3 is 2.67 bits per heavy atom. The van der Waals surface area contributed by atoms with E-state index in [1.807, 2.05) is 48.5 Å². The Bertz CT molecular complexity index is 704. The maximum Gasteiger partial charge on any atom is 0.134 e. The number of rotatable bonds is 6. The van der Waals surface area contributed by atoms with Crippen LogP contribution < -0.4 is 10.1 Å². The quantitative estimate of drug-likeness (QED) is 0.664. The molecule has 3 aromatic rings. The van der Waals surface area contributed by atoms with E-state index < -0.39 is 0 Å². The highest BCUT2D eigenvalue weighted by Gasteiger charge is 2.05. The summed E-state index contributed by atoms with van der Waals surface area (Å²) < 4.78 is 11.6. The van der Waals surface area contributed by atoms with Crippen LogP contribution in [0.1, 0.15) is 19.1 Å². The highest BCUT2D eigenvalue weighted by atomic mass is 16.5. The summed E-state index contributed by atoms with van der Waals surface area (Å²) in [5, 5.41) is 4.41. The number of ether oxygens (including phenoxy) is 1. The molecule has 1 heterocycles. The van der Waals surface area contributed by atoms with Crippen molar-refractivity contribution in [3.05, 3.63) is 60.4 Å². The first-order valence-corrected chi connectivity index (χ1v) is 7.31. The molecule has 0 aliphatic heterocycles. The summed E-state index contributed by atoms with van der Waals surface area (Å²) in [5.41, 5.74) is 0.892. The largest absolute Gasteiger partial charge is 0.460 e. The Morgan fingerprint density at radius 1 is 1.00 bits per heavy atom. The molecule has 108 valence electrons. The fraction of sp³-hybridized carbons (Fsp3) is 0.222. The second kappa shape index (κ2) is 6.46. The van der Waals surface area contributed by atoms with Crippen LogP contribution in [0.4, 0.5) is 0 Å². The van der Waals surface area contributed by atoms with Crippen molar-refractivity contribution in [3.8, 4) is 11.5 Å². The van der Waals surface area contributed by atoms with Crippen molar-refractivity contribution >= 4 is 11.0 Å². The van der Waals surface area contributed by atoms with Crippen LogP contribution in [0.25, 0.3) is 11.0 Å². The molecular formula is C18H19NO2. The van der Waals surface area contributed by atoms with Crippen molar-refractivity contribution in [1.29, 1.82) is 0 Å². The summed E-state index contributed by atoms with van der Waals surface area (Å²) in [6, 6.07) is 17.7. The number of nitrogens with one attached hydrogen (secondary N) is 1. The van der Waals surface area contributed by atoms with Gasteiger partial charge in [-0.1, -0.05) is 25.1 Å². The molecule has 0 aliphatic carbocycles. The number of hydrogen-bond donors (Lipinski definition) is 1. The van der Waals surface area contributed by atoms with E-state index in [1.165, 1.54) is 0 Å². The summed E-state index contributed by atoms with van der Waals surface area (Å²) in [6.45, 7) is 3.91. The normalized spacial score (nSPS) is 10.9. The van der Waals surface area contributed by atoms with Gasteiger partial charge in [0.25, 0.3) is 0 Å². The van der Waals surface area contributed by atoms with E-state index in [1.54, 1.807) is 0 Å². The smallest absolute Gasteiger partial charge is 0.134 e. The Labute approximate surface area is 124 Å². The van der Waals surface area contributed by atoms with Crippen LogP contribution in [-0.4, -0.2) is 6.54 Å². The van der Waals surface area contributed by atoms with Crippen LogP contribution in [0.5, 0.6) is 11.5 Å². The predicted molar refractivity (Wildman–Crippen MR) is 84.7 cm³/mol. The van der Waals surface area contributed by atoms with Crippen molar-refractivity contribution < 1.29 is 9.15 Å². The average molecular weight is 281 g/mol. The van der Waals surface area contributed by atoms with Crippen LogP contribution in [-0.2, 0) is 6.54 Å². The highest BCUT2D eigenvalue weighted by molar-refractivity contribution is 5.79. The molecule has 1 aromatic heterocycles. The van der Waals surface area contributed by atoms with Gasteiger partial charge in [0.05, 0.1) is 6.54 Å². The van der Waals surface area contributed by atoms with Gasteiger partial charge < -0.3 is 14.5 Å². The van der Waals surface area contributed by atoms with Gasteiger partial charge in [0, 0.05) is 5.39 Å². The van der Waals surface area contributed by atoms with E-state index in [-0.39, 0.29) is 0 Å². The fourth-order valence-electron chi connectivity index (χ4n) is 2.24. The van der Waals surface area contributed by atoms with Gasteiger partial charge in [0.1, 0.15) is 22.8 Å². The van der Waals surface area contributed by atoms with E-state index in [4.69, 9.17) is 9.15 Å². The lowest BCUT2D eigenvalue weighted by Gasteiger charge is -2.04. The van der Waals surface area contributed by atoms with Crippen molar-refractivity contribution in [2.75, 3.05) is 6.54 Å². The molecule has 3 heteroatoms. The number of para-hydroxylation sites is 1. The Morgan fingerprint density at radius 2 is 1.86 bits per heavy atom. The molecule has 0 amide bonds. The Kier molecular flexibility index (Phi) is 4.22. The van der Waals surface area contributed by atoms with Gasteiger partial charge in [-0.05, 0) is 49.4 Å². The minimum Gasteiger partial charge on any atom is -0.460 e. The van der Waals surface area contributed by atoms with E-state index in [0.29, 0.717) is 0 Å². The summed E-state index contributed by atoms with van der Waals surface area (Å²) in [4.78, 5) is 0. The zero-order chi connectivity index (χ0) is 14.5. The van der Waals surface area contributed by atoms with Gasteiger partial charge in [-0.25, -0.2) is 0 Å². The van der Waals surface area contributed by atoms with Gasteiger partial charge in [-0.15, -0.1) is 0 Å². The van der Waals surface area contributed by atoms with Crippen molar-refractivity contribution in [2.45, 2.75) is 19.9 Å². The Balaban J connectivity index is 1.76. The molecule has 0 bridgehead atoms. The van der Waals surface area contributed by atoms with E-state index in [9.17, 15) is 0 Å². The molecule has 0 spiro atoms. The van der Waals surface area contributed by atoms with Crippen LogP contribution in [0.2, 0.25) is 0 Å². The predicted octanol–water partition coefficient (Wildman–Crippen LogP) is 4.72. The van der Waals surface area contributed by atoms with Gasteiger partial charge in [0.15, 0.2) is 0 Å². The van der Waals surface area contributed by atoms with Gasteiger partial charge in [0.2, 0.25) is 0 Å². The van der Waals surface area contributed by atoms with Crippen molar-refractivity contribution in [1.82, 2.24) is 5.32 Å². The molecule has 0 radical (unpaired) electrons. The number of benzene rings is 2. The zero-order valence-corrected chi connectivity index (χ0v) is 12.1. The monoisotopic (exact) mass is 281 g/mol. The maximum atomic E-state index is 5.84. The molecule has 0 saturated heterocycles. The molecule has 3 nitrogen and oxygen atoms in total. The third-order valence-electron chi connectivity index (χ3n) is 3.24. The molecule has 0 saturated carbocycles. The first-order chi connectivity index (χ1) is 10.3. The summed E-state index contributed by atoms with van der Waals surface area (Å²) in [5.74, 6) is 2.61. The van der Waals surface area contributed by atoms with Crippen LogP contribution >= 0.6 is 0 Å². The lowest BCUT2D eigenvalue weighted by atomic mass is 10.2. The summed E-state index contributed by atoms with van der Waals surface area (Å²) >= 11 is 0. The summed E-state index contributed by atoms with van der Waals surface area (Å²) in [7, 11) is 0. The third kappa shape index (κ3) is 3.44. The standard InChI is InChI=1S/C18H19NO2/c1-2-10-19-13-17-12-14-11-16(8-9-18(14)21-17)20-15-6-4-3-5-7-15/h3-9,11-12,19H,2,10,13H2,1H3. The molecule has 3 rings (SSSR count). The van der Waals surface area contributed by atoms with Crippen LogP contribution in [0, 0.1) is 0 Å². The lowest BCUT2D eigenvalue weighted by molar-refractivity contribution is 0.482. The molecule has 0 fully saturated rings. The topological polar surface area (TPSA) is 34.4 Å². The fourth-order valence-corrected chi connectivity index (χ4v) is 2.24.